The molecule has 0 heteroatoms. The van der Waals surface area contributed by atoms with Crippen LogP contribution < -0.4 is 0 Å². The fraction of sp³-hybridized carbons (Fsp3) is 0.0256. The molecule has 0 amide bonds. The van der Waals surface area contributed by atoms with E-state index in [1.807, 2.05) is 0 Å². The Morgan fingerprint density at radius 3 is 1.67 bits per heavy atom. The molecule has 0 N–H and O–H groups in total. The third-order valence-corrected chi connectivity index (χ3v) is 8.51. The van der Waals surface area contributed by atoms with Crippen LogP contribution in [0.15, 0.2) is 158 Å². The van der Waals surface area contributed by atoms with Gasteiger partial charge in [-0.3, -0.25) is 0 Å². The quantitative estimate of drug-likeness (QED) is 0.229. The molecule has 0 fully saturated rings. The van der Waals surface area contributed by atoms with Gasteiger partial charge in [-0.2, -0.15) is 0 Å². The zero-order valence-corrected chi connectivity index (χ0v) is 21.5. The van der Waals surface area contributed by atoms with Crippen molar-refractivity contribution in [2.45, 2.75) is 5.41 Å². The van der Waals surface area contributed by atoms with Gasteiger partial charge in [0.25, 0.3) is 0 Å². The Labute approximate surface area is 228 Å². The highest BCUT2D eigenvalue weighted by Gasteiger charge is 2.46. The normalized spacial score (nSPS) is 13.3. The summed E-state index contributed by atoms with van der Waals surface area (Å²) in [5.41, 5.74) is 10.1. The van der Waals surface area contributed by atoms with Crippen LogP contribution in [0.5, 0.6) is 0 Å². The summed E-state index contributed by atoms with van der Waals surface area (Å²) in [6.07, 6.45) is 0. The van der Waals surface area contributed by atoms with Crippen molar-refractivity contribution in [3.63, 3.8) is 0 Å². The number of fused-ring (bicyclic) bond motifs is 6. The van der Waals surface area contributed by atoms with Gasteiger partial charge < -0.3 is 0 Å². The van der Waals surface area contributed by atoms with Gasteiger partial charge in [0.15, 0.2) is 0 Å². The minimum Gasteiger partial charge on any atom is -0.0622 e. The van der Waals surface area contributed by atoms with Crippen molar-refractivity contribution in [2.24, 2.45) is 0 Å². The average molecular weight is 495 g/mol. The largest absolute Gasteiger partial charge is 0.0719 e. The van der Waals surface area contributed by atoms with Crippen LogP contribution in [-0.4, -0.2) is 0 Å². The van der Waals surface area contributed by atoms with E-state index in [2.05, 4.69) is 158 Å². The molecule has 0 aliphatic heterocycles. The summed E-state index contributed by atoms with van der Waals surface area (Å²) in [5, 5.41) is 5.11. The van der Waals surface area contributed by atoms with Crippen molar-refractivity contribution in [1.29, 1.82) is 0 Å². The van der Waals surface area contributed by atoms with Gasteiger partial charge in [-0.15, -0.1) is 0 Å². The van der Waals surface area contributed by atoms with Gasteiger partial charge in [0.05, 0.1) is 5.41 Å². The van der Waals surface area contributed by atoms with E-state index in [1.54, 1.807) is 0 Å². The first-order valence-corrected chi connectivity index (χ1v) is 13.6. The maximum Gasteiger partial charge on any atom is 0.0719 e. The van der Waals surface area contributed by atoms with E-state index in [0.29, 0.717) is 0 Å². The lowest BCUT2D eigenvalue weighted by atomic mass is 9.66. The van der Waals surface area contributed by atoms with E-state index in [1.165, 1.54) is 66.1 Å². The van der Waals surface area contributed by atoms with Crippen LogP contribution in [0.1, 0.15) is 22.3 Å². The maximum absolute atomic E-state index is 2.36. The Balaban J connectivity index is 1.44. The highest BCUT2D eigenvalue weighted by atomic mass is 14.5. The molecule has 182 valence electrons. The summed E-state index contributed by atoms with van der Waals surface area (Å²) >= 11 is 0. The number of benzene rings is 7. The lowest BCUT2D eigenvalue weighted by Crippen LogP contribution is -2.28. The predicted octanol–water partition coefficient (Wildman–Crippen LogP) is 10.0. The van der Waals surface area contributed by atoms with E-state index in [0.717, 1.165) is 0 Å². The van der Waals surface area contributed by atoms with Crippen LogP contribution in [0.2, 0.25) is 0 Å². The average Bonchev–Trinajstić information content (AvgIpc) is 3.33. The van der Waals surface area contributed by atoms with E-state index >= 15 is 0 Å². The van der Waals surface area contributed by atoms with Crippen LogP contribution in [0, 0.1) is 0 Å². The monoisotopic (exact) mass is 494 g/mol. The van der Waals surface area contributed by atoms with Gasteiger partial charge in [0.2, 0.25) is 0 Å². The van der Waals surface area contributed by atoms with Crippen LogP contribution in [0.3, 0.4) is 0 Å². The van der Waals surface area contributed by atoms with Gasteiger partial charge in [0, 0.05) is 0 Å². The maximum atomic E-state index is 2.36. The minimum atomic E-state index is -0.390. The Bertz CT molecular complexity index is 1960. The lowest BCUT2D eigenvalue weighted by Gasteiger charge is -2.34. The standard InChI is InChI=1S/C39H26/c1-3-13-32(14-4-1)39(33-15-5-2-6-16-33)37-18-10-9-17-35(37)36-24-22-31-26-30(21-23-34(31)38(36)39)29-20-19-27-11-7-8-12-28(27)25-29/h1-26H. The van der Waals surface area contributed by atoms with E-state index < -0.39 is 5.41 Å². The molecule has 1 aliphatic carbocycles. The molecular weight excluding hydrogens is 468 g/mol. The molecule has 0 saturated heterocycles. The second-order valence-corrected chi connectivity index (χ2v) is 10.5. The molecule has 7 aromatic carbocycles. The first-order valence-electron chi connectivity index (χ1n) is 13.6. The molecule has 0 spiro atoms. The molecule has 0 unspecified atom stereocenters. The van der Waals surface area contributed by atoms with Crippen molar-refractivity contribution in [1.82, 2.24) is 0 Å². The Morgan fingerprint density at radius 2 is 0.923 bits per heavy atom. The summed E-state index contributed by atoms with van der Waals surface area (Å²) in [5.74, 6) is 0. The first kappa shape index (κ1) is 22.1. The molecule has 0 bridgehead atoms. The van der Waals surface area contributed by atoms with Crippen LogP contribution in [-0.2, 0) is 5.41 Å². The lowest BCUT2D eigenvalue weighted by molar-refractivity contribution is 0.775. The third-order valence-electron chi connectivity index (χ3n) is 8.51. The molecule has 0 heterocycles. The smallest absolute Gasteiger partial charge is 0.0622 e. The van der Waals surface area contributed by atoms with Crippen LogP contribution in [0.25, 0.3) is 43.8 Å². The third kappa shape index (κ3) is 3.19. The van der Waals surface area contributed by atoms with Crippen molar-refractivity contribution in [3.8, 4) is 22.3 Å². The Morgan fingerprint density at radius 1 is 0.359 bits per heavy atom. The molecule has 0 atom stereocenters. The molecule has 39 heavy (non-hydrogen) atoms. The zero-order chi connectivity index (χ0) is 25.8. The molecule has 0 nitrogen and oxygen atoms in total. The molecule has 0 aromatic heterocycles. The van der Waals surface area contributed by atoms with Crippen molar-refractivity contribution < 1.29 is 0 Å². The highest BCUT2D eigenvalue weighted by molar-refractivity contribution is 6.01. The predicted molar refractivity (Wildman–Crippen MR) is 164 cm³/mol. The molecule has 0 saturated carbocycles. The first-order chi connectivity index (χ1) is 19.3. The van der Waals surface area contributed by atoms with Gasteiger partial charge in [-0.1, -0.05) is 146 Å². The van der Waals surface area contributed by atoms with Gasteiger partial charge in [-0.05, 0) is 78.2 Å². The van der Waals surface area contributed by atoms with E-state index in [9.17, 15) is 0 Å². The summed E-state index contributed by atoms with van der Waals surface area (Å²) in [4.78, 5) is 0. The molecule has 7 aromatic rings. The minimum absolute atomic E-state index is 0.390. The Kier molecular flexibility index (Phi) is 4.84. The number of hydrogen-bond acceptors (Lipinski definition) is 0. The summed E-state index contributed by atoms with van der Waals surface area (Å²) in [7, 11) is 0. The van der Waals surface area contributed by atoms with Crippen LogP contribution in [0.4, 0.5) is 0 Å². The summed E-state index contributed by atoms with van der Waals surface area (Å²) in [6.45, 7) is 0. The highest BCUT2D eigenvalue weighted by Crippen LogP contribution is 2.58. The molecule has 1 aliphatic rings. The molecule has 8 rings (SSSR count). The fourth-order valence-corrected chi connectivity index (χ4v) is 6.83. The summed E-state index contributed by atoms with van der Waals surface area (Å²) < 4.78 is 0. The van der Waals surface area contributed by atoms with E-state index in [-0.39, 0.29) is 0 Å². The molecular formula is C39H26. The number of rotatable bonds is 3. The Hall–Kier alpha value is -4.94. The SMILES string of the molecule is c1ccc(C2(c3ccccc3)c3ccccc3-c3ccc4cc(-c5ccc6ccccc6c5)ccc4c32)cc1. The van der Waals surface area contributed by atoms with Crippen molar-refractivity contribution >= 4 is 21.5 Å². The van der Waals surface area contributed by atoms with Gasteiger partial charge >= 0.3 is 0 Å². The second kappa shape index (κ2) is 8.55. The number of hydrogen-bond donors (Lipinski definition) is 0. The van der Waals surface area contributed by atoms with Crippen molar-refractivity contribution in [2.75, 3.05) is 0 Å². The van der Waals surface area contributed by atoms with E-state index in [4.69, 9.17) is 0 Å². The fourth-order valence-electron chi connectivity index (χ4n) is 6.83. The molecule has 0 radical (unpaired) electrons. The summed E-state index contributed by atoms with van der Waals surface area (Å²) in [6, 6.07) is 58.1. The van der Waals surface area contributed by atoms with Crippen molar-refractivity contribution in [3.05, 3.63) is 180 Å². The zero-order valence-electron chi connectivity index (χ0n) is 21.5. The van der Waals surface area contributed by atoms with Gasteiger partial charge in [-0.25, -0.2) is 0 Å². The van der Waals surface area contributed by atoms with Crippen LogP contribution >= 0.6 is 0 Å². The topological polar surface area (TPSA) is 0 Å². The van der Waals surface area contributed by atoms with Gasteiger partial charge in [0.1, 0.15) is 0 Å². The second-order valence-electron chi connectivity index (χ2n) is 10.5.